The van der Waals surface area contributed by atoms with Crippen LogP contribution < -0.4 is 5.73 Å². The van der Waals surface area contributed by atoms with Crippen LogP contribution in [-0.2, 0) is 0 Å². The molecular weight excluding hydrogens is 297 g/mol. The van der Waals surface area contributed by atoms with Gasteiger partial charge in [0.05, 0.1) is 10.5 Å². The van der Waals surface area contributed by atoms with E-state index in [0.717, 1.165) is 15.9 Å². The second kappa shape index (κ2) is 5.26. The van der Waals surface area contributed by atoms with Gasteiger partial charge >= 0.3 is 0 Å². The first-order valence-electron chi connectivity index (χ1n) is 5.77. The number of fused-ring (bicyclic) bond motifs is 1. The van der Waals surface area contributed by atoms with E-state index in [4.69, 9.17) is 17.3 Å². The minimum absolute atomic E-state index is 0.0133. The molecule has 6 heteroatoms. The van der Waals surface area contributed by atoms with E-state index in [9.17, 15) is 4.39 Å². The summed E-state index contributed by atoms with van der Waals surface area (Å²) in [6.07, 6.45) is 1.48. The molecule has 3 aromatic rings. The second-order valence-corrected chi connectivity index (χ2v) is 5.54. The number of nitrogens with zero attached hydrogens (tertiary/aromatic N) is 2. The number of rotatable bonds is 2. The zero-order chi connectivity index (χ0) is 14.1. The highest BCUT2D eigenvalue weighted by atomic mass is 35.5. The molecule has 0 aliphatic rings. The number of halogens is 2. The van der Waals surface area contributed by atoms with E-state index in [0.29, 0.717) is 10.6 Å². The zero-order valence-electron chi connectivity index (χ0n) is 10.2. The first-order chi connectivity index (χ1) is 9.65. The molecule has 0 aliphatic heterocycles. The van der Waals surface area contributed by atoms with Crippen LogP contribution in [0.5, 0.6) is 0 Å². The lowest BCUT2D eigenvalue weighted by Gasteiger charge is -2.08. The number of para-hydroxylation sites is 1. The summed E-state index contributed by atoms with van der Waals surface area (Å²) < 4.78 is 13.5. The Labute approximate surface area is 124 Å². The Morgan fingerprint density at radius 3 is 2.80 bits per heavy atom. The molecule has 0 saturated heterocycles. The Morgan fingerprint density at radius 1 is 1.15 bits per heavy atom. The average molecular weight is 306 g/mol. The van der Waals surface area contributed by atoms with E-state index in [-0.39, 0.29) is 5.02 Å². The van der Waals surface area contributed by atoms with Crippen molar-refractivity contribution in [2.24, 2.45) is 0 Å². The fourth-order valence-electron chi connectivity index (χ4n) is 1.80. The van der Waals surface area contributed by atoms with Crippen LogP contribution in [0, 0.1) is 5.82 Å². The van der Waals surface area contributed by atoms with E-state index in [1.54, 1.807) is 0 Å². The molecule has 0 unspecified atom stereocenters. The van der Waals surface area contributed by atoms with Gasteiger partial charge in [0.25, 0.3) is 0 Å². The molecule has 0 amide bonds. The number of nitrogen functional groups attached to an aromatic ring is 1. The average Bonchev–Trinajstić information content (AvgIpc) is 2.45. The summed E-state index contributed by atoms with van der Waals surface area (Å²) in [6.45, 7) is 0. The van der Waals surface area contributed by atoms with Gasteiger partial charge in [-0.25, -0.2) is 14.4 Å². The van der Waals surface area contributed by atoms with Gasteiger partial charge in [-0.2, -0.15) is 0 Å². The maximum atomic E-state index is 13.5. The van der Waals surface area contributed by atoms with E-state index in [1.165, 1.54) is 30.2 Å². The van der Waals surface area contributed by atoms with Crippen LogP contribution in [0.15, 0.2) is 52.6 Å². The molecule has 0 radical (unpaired) electrons. The van der Waals surface area contributed by atoms with Crippen molar-refractivity contribution >= 4 is 40.0 Å². The number of nitrogens with two attached hydrogens (primary N) is 1. The monoisotopic (exact) mass is 305 g/mol. The third kappa shape index (κ3) is 2.42. The maximum absolute atomic E-state index is 13.5. The summed E-state index contributed by atoms with van der Waals surface area (Å²) in [4.78, 5) is 9.00. The molecule has 2 N–H and O–H groups in total. The van der Waals surface area contributed by atoms with Gasteiger partial charge in [-0.15, -0.1) is 0 Å². The van der Waals surface area contributed by atoms with Crippen molar-refractivity contribution in [3.05, 3.63) is 53.6 Å². The highest BCUT2D eigenvalue weighted by Crippen LogP contribution is 2.36. The van der Waals surface area contributed by atoms with Gasteiger partial charge < -0.3 is 5.73 Å². The highest BCUT2D eigenvalue weighted by Gasteiger charge is 2.11. The van der Waals surface area contributed by atoms with Crippen LogP contribution in [0.3, 0.4) is 0 Å². The van der Waals surface area contributed by atoms with Crippen molar-refractivity contribution in [1.29, 1.82) is 0 Å². The van der Waals surface area contributed by atoms with Crippen molar-refractivity contribution < 1.29 is 4.39 Å². The molecule has 2 aromatic carbocycles. The molecule has 100 valence electrons. The second-order valence-electron chi connectivity index (χ2n) is 4.10. The third-order valence-electron chi connectivity index (χ3n) is 2.77. The van der Waals surface area contributed by atoms with Crippen molar-refractivity contribution in [2.75, 3.05) is 5.73 Å². The summed E-state index contributed by atoms with van der Waals surface area (Å²) in [6, 6.07) is 10.3. The summed E-state index contributed by atoms with van der Waals surface area (Å²) in [7, 11) is 0. The number of anilines is 1. The SMILES string of the molecule is Nc1cc(Cl)c(F)cc1Sc1ncnc2ccccc12. The molecule has 20 heavy (non-hydrogen) atoms. The highest BCUT2D eigenvalue weighted by molar-refractivity contribution is 7.99. The molecule has 1 heterocycles. The summed E-state index contributed by atoms with van der Waals surface area (Å²) >= 11 is 6.99. The van der Waals surface area contributed by atoms with Crippen LogP contribution >= 0.6 is 23.4 Å². The summed E-state index contributed by atoms with van der Waals surface area (Å²) in [5.74, 6) is -0.498. The minimum Gasteiger partial charge on any atom is -0.398 e. The smallest absolute Gasteiger partial charge is 0.143 e. The molecule has 0 fully saturated rings. The van der Waals surface area contributed by atoms with Crippen molar-refractivity contribution in [3.8, 4) is 0 Å². The van der Waals surface area contributed by atoms with Crippen LogP contribution in [-0.4, -0.2) is 9.97 Å². The number of hydrogen-bond acceptors (Lipinski definition) is 4. The standard InChI is InChI=1S/C14H9ClFN3S/c15-9-5-11(17)13(6-10(9)16)20-14-8-3-1-2-4-12(8)18-7-19-14/h1-7H,17H2. The predicted molar refractivity (Wildman–Crippen MR) is 79.5 cm³/mol. The van der Waals surface area contributed by atoms with Gasteiger partial charge in [0, 0.05) is 16.0 Å². The third-order valence-corrected chi connectivity index (χ3v) is 4.15. The van der Waals surface area contributed by atoms with Crippen LogP contribution in [0.1, 0.15) is 0 Å². The van der Waals surface area contributed by atoms with Crippen molar-refractivity contribution in [2.45, 2.75) is 9.92 Å². The molecular formula is C14H9ClFN3S. The van der Waals surface area contributed by atoms with Gasteiger partial charge in [-0.05, 0) is 18.2 Å². The lowest BCUT2D eigenvalue weighted by molar-refractivity contribution is 0.625. The molecule has 1 aromatic heterocycles. The zero-order valence-corrected chi connectivity index (χ0v) is 11.7. The minimum atomic E-state index is -0.498. The Bertz CT molecular complexity index is 789. The van der Waals surface area contributed by atoms with Gasteiger partial charge in [-0.3, -0.25) is 0 Å². The summed E-state index contributed by atoms with van der Waals surface area (Å²) in [5.41, 5.74) is 7.12. The van der Waals surface area contributed by atoms with E-state index >= 15 is 0 Å². The first-order valence-corrected chi connectivity index (χ1v) is 6.97. The fourth-order valence-corrected chi connectivity index (χ4v) is 2.90. The Morgan fingerprint density at radius 2 is 1.95 bits per heavy atom. The Hall–Kier alpha value is -1.85. The number of benzene rings is 2. The van der Waals surface area contributed by atoms with Crippen molar-refractivity contribution in [1.82, 2.24) is 9.97 Å². The molecule has 0 atom stereocenters. The molecule has 0 spiro atoms. The Balaban J connectivity index is 2.08. The number of hydrogen-bond donors (Lipinski definition) is 1. The lowest BCUT2D eigenvalue weighted by atomic mass is 10.2. The molecule has 3 rings (SSSR count). The van der Waals surface area contributed by atoms with Gasteiger partial charge in [0.1, 0.15) is 17.2 Å². The normalized spacial score (nSPS) is 10.9. The summed E-state index contributed by atoms with van der Waals surface area (Å²) in [5, 5.41) is 1.64. The van der Waals surface area contributed by atoms with E-state index < -0.39 is 5.82 Å². The molecule has 0 saturated carbocycles. The van der Waals surface area contributed by atoms with Gasteiger partial charge in [0.15, 0.2) is 0 Å². The first kappa shape index (κ1) is 13.1. The van der Waals surface area contributed by atoms with Crippen LogP contribution in [0.2, 0.25) is 5.02 Å². The maximum Gasteiger partial charge on any atom is 0.143 e. The quantitative estimate of drug-likeness (QED) is 0.570. The lowest BCUT2D eigenvalue weighted by Crippen LogP contribution is -1.92. The predicted octanol–water partition coefficient (Wildman–Crippen LogP) is 4.16. The largest absolute Gasteiger partial charge is 0.398 e. The van der Waals surface area contributed by atoms with Gasteiger partial charge in [0.2, 0.25) is 0 Å². The van der Waals surface area contributed by atoms with Crippen LogP contribution in [0.4, 0.5) is 10.1 Å². The van der Waals surface area contributed by atoms with Gasteiger partial charge in [-0.1, -0.05) is 41.6 Å². The van der Waals surface area contributed by atoms with E-state index in [2.05, 4.69) is 9.97 Å². The topological polar surface area (TPSA) is 51.8 Å². The van der Waals surface area contributed by atoms with Crippen molar-refractivity contribution in [3.63, 3.8) is 0 Å². The number of aromatic nitrogens is 2. The molecule has 0 aliphatic carbocycles. The molecule has 0 bridgehead atoms. The Kier molecular flexibility index (Phi) is 3.46. The fraction of sp³-hybridized carbons (Fsp3) is 0. The molecule has 3 nitrogen and oxygen atoms in total. The van der Waals surface area contributed by atoms with Crippen LogP contribution in [0.25, 0.3) is 10.9 Å². The van der Waals surface area contributed by atoms with E-state index in [1.807, 2.05) is 24.3 Å².